The van der Waals surface area contributed by atoms with Gasteiger partial charge in [-0.25, -0.2) is 9.59 Å². The molecular weight excluding hydrogens is 464 g/mol. The van der Waals surface area contributed by atoms with E-state index in [9.17, 15) is 9.59 Å². The van der Waals surface area contributed by atoms with Gasteiger partial charge in [-0.1, -0.05) is 84.9 Å². The molecule has 5 heteroatoms. The van der Waals surface area contributed by atoms with Gasteiger partial charge in [0.15, 0.2) is 0 Å². The van der Waals surface area contributed by atoms with Crippen molar-refractivity contribution in [1.29, 1.82) is 0 Å². The summed E-state index contributed by atoms with van der Waals surface area (Å²) in [6, 6.07) is 34.3. The van der Waals surface area contributed by atoms with Crippen molar-refractivity contribution >= 4 is 24.1 Å². The topological polar surface area (TPSA) is 61.8 Å². The third-order valence-corrected chi connectivity index (χ3v) is 5.28. The molecule has 0 amide bonds. The van der Waals surface area contributed by atoms with E-state index in [1.165, 1.54) is 12.2 Å². The number of carbonyl (C=O) groups excluding carboxylic acids is 2. The van der Waals surface area contributed by atoms with Crippen molar-refractivity contribution in [2.75, 3.05) is 0 Å². The summed E-state index contributed by atoms with van der Waals surface area (Å²) >= 11 is 0. The second-order valence-corrected chi connectivity index (χ2v) is 8.09. The Morgan fingerprint density at radius 1 is 0.514 bits per heavy atom. The zero-order valence-electron chi connectivity index (χ0n) is 20.2. The highest BCUT2D eigenvalue weighted by molar-refractivity contribution is 5.99. The predicted molar refractivity (Wildman–Crippen MR) is 144 cm³/mol. The van der Waals surface area contributed by atoms with Gasteiger partial charge in [0.1, 0.15) is 24.7 Å². The van der Waals surface area contributed by atoms with E-state index in [0.717, 1.165) is 33.8 Å². The maximum absolute atomic E-state index is 12.0. The van der Waals surface area contributed by atoms with E-state index in [0.29, 0.717) is 13.2 Å². The summed E-state index contributed by atoms with van der Waals surface area (Å²) in [5, 5.41) is 0. The van der Waals surface area contributed by atoms with Crippen molar-refractivity contribution in [1.82, 2.24) is 0 Å². The van der Waals surface area contributed by atoms with Crippen molar-refractivity contribution in [3.8, 4) is 11.5 Å². The minimum Gasteiger partial charge on any atom is -0.489 e. The smallest absolute Gasteiger partial charge is 0.338 e. The molecule has 0 atom stereocenters. The molecule has 0 saturated heterocycles. The molecule has 0 bridgehead atoms. The number of benzene rings is 4. The summed E-state index contributed by atoms with van der Waals surface area (Å²) < 4.78 is 16.3. The van der Waals surface area contributed by atoms with Crippen LogP contribution in [0.4, 0.5) is 0 Å². The van der Waals surface area contributed by atoms with E-state index in [1.807, 2.05) is 109 Å². The van der Waals surface area contributed by atoms with E-state index in [2.05, 4.69) is 0 Å². The molecule has 0 heterocycles. The summed E-state index contributed by atoms with van der Waals surface area (Å²) in [4.78, 5) is 24.0. The average molecular weight is 491 g/mol. The van der Waals surface area contributed by atoms with E-state index in [1.54, 1.807) is 12.2 Å². The Morgan fingerprint density at radius 2 is 0.892 bits per heavy atom. The molecule has 0 fully saturated rings. The molecule has 5 nitrogen and oxygen atoms in total. The van der Waals surface area contributed by atoms with Crippen LogP contribution in [-0.4, -0.2) is 11.9 Å². The van der Waals surface area contributed by atoms with Crippen LogP contribution in [0, 0.1) is 0 Å². The molecule has 0 unspecified atom stereocenters. The van der Waals surface area contributed by atoms with Gasteiger partial charge in [0.2, 0.25) is 0 Å². The first-order valence-electron chi connectivity index (χ1n) is 11.8. The standard InChI is InChI=1S/C32H26O5/c33-31(21-15-25-11-17-29(18-12-25)35-23-27-7-3-1-4-8-27)37-32(34)22-16-26-13-19-30(20-14-26)36-24-28-9-5-2-6-10-28/h1-22H,23-24H2. The fourth-order valence-corrected chi connectivity index (χ4v) is 3.33. The van der Waals surface area contributed by atoms with E-state index in [4.69, 9.17) is 14.2 Å². The fourth-order valence-electron chi connectivity index (χ4n) is 3.33. The van der Waals surface area contributed by atoms with E-state index in [-0.39, 0.29) is 0 Å². The molecule has 37 heavy (non-hydrogen) atoms. The minimum absolute atomic E-state index is 0.476. The Hall–Kier alpha value is -4.90. The van der Waals surface area contributed by atoms with Crippen LogP contribution in [0.3, 0.4) is 0 Å². The number of hydrogen-bond acceptors (Lipinski definition) is 5. The number of rotatable bonds is 10. The molecule has 4 aromatic carbocycles. The minimum atomic E-state index is -0.747. The Morgan fingerprint density at radius 3 is 1.27 bits per heavy atom. The molecule has 0 aliphatic rings. The molecule has 0 aliphatic carbocycles. The van der Waals surface area contributed by atoms with Crippen LogP contribution >= 0.6 is 0 Å². The van der Waals surface area contributed by atoms with Crippen LogP contribution < -0.4 is 9.47 Å². The van der Waals surface area contributed by atoms with Gasteiger partial charge >= 0.3 is 11.9 Å². The largest absolute Gasteiger partial charge is 0.489 e. The van der Waals surface area contributed by atoms with Crippen LogP contribution in [0.15, 0.2) is 121 Å². The maximum atomic E-state index is 12.0. The SMILES string of the molecule is O=C(C=Cc1ccc(OCc2ccccc2)cc1)OC(=O)C=Cc1ccc(OCc2ccccc2)cc1. The molecule has 0 aromatic heterocycles. The molecule has 184 valence electrons. The first-order valence-corrected chi connectivity index (χ1v) is 11.8. The second kappa shape index (κ2) is 13.3. The highest BCUT2D eigenvalue weighted by Crippen LogP contribution is 2.16. The zero-order valence-corrected chi connectivity index (χ0v) is 20.2. The van der Waals surface area contributed by atoms with Gasteiger partial charge in [0, 0.05) is 12.2 Å². The average Bonchev–Trinajstić information content (AvgIpc) is 2.95. The van der Waals surface area contributed by atoms with Gasteiger partial charge in [-0.05, 0) is 58.7 Å². The lowest BCUT2D eigenvalue weighted by atomic mass is 10.2. The van der Waals surface area contributed by atoms with Gasteiger partial charge in [-0.15, -0.1) is 0 Å². The Kier molecular flexibility index (Phi) is 9.03. The lowest BCUT2D eigenvalue weighted by Gasteiger charge is -2.06. The number of carbonyl (C=O) groups is 2. The molecule has 0 radical (unpaired) electrons. The van der Waals surface area contributed by atoms with Crippen molar-refractivity contribution in [2.45, 2.75) is 13.2 Å². The van der Waals surface area contributed by atoms with Gasteiger partial charge in [0.25, 0.3) is 0 Å². The van der Waals surface area contributed by atoms with Crippen LogP contribution in [0.1, 0.15) is 22.3 Å². The lowest BCUT2D eigenvalue weighted by Crippen LogP contribution is -2.06. The summed E-state index contributed by atoms with van der Waals surface area (Å²) in [7, 11) is 0. The third-order valence-electron chi connectivity index (χ3n) is 5.28. The Balaban J connectivity index is 1.20. The molecule has 0 aliphatic heterocycles. The van der Waals surface area contributed by atoms with Gasteiger partial charge in [0.05, 0.1) is 0 Å². The van der Waals surface area contributed by atoms with Crippen molar-refractivity contribution in [2.24, 2.45) is 0 Å². The third kappa shape index (κ3) is 8.67. The molecule has 4 aromatic rings. The number of hydrogen-bond donors (Lipinski definition) is 0. The van der Waals surface area contributed by atoms with Crippen molar-refractivity contribution in [3.63, 3.8) is 0 Å². The first-order chi connectivity index (χ1) is 18.1. The zero-order chi connectivity index (χ0) is 25.7. The fraction of sp³-hybridized carbons (Fsp3) is 0.0625. The number of ether oxygens (including phenoxy) is 3. The molecule has 0 saturated carbocycles. The first kappa shape index (κ1) is 25.2. The van der Waals surface area contributed by atoms with Crippen LogP contribution in [0.5, 0.6) is 11.5 Å². The van der Waals surface area contributed by atoms with Gasteiger partial charge < -0.3 is 14.2 Å². The maximum Gasteiger partial charge on any atom is 0.338 e. The lowest BCUT2D eigenvalue weighted by molar-refractivity contribution is -0.152. The predicted octanol–water partition coefficient (Wildman–Crippen LogP) is 6.64. The molecule has 0 spiro atoms. The highest BCUT2D eigenvalue weighted by Gasteiger charge is 2.04. The number of esters is 2. The Bertz CT molecular complexity index is 1230. The summed E-state index contributed by atoms with van der Waals surface area (Å²) in [5.41, 5.74) is 3.72. The van der Waals surface area contributed by atoms with Crippen LogP contribution in [0.25, 0.3) is 12.2 Å². The Labute approximate surface area is 216 Å². The van der Waals surface area contributed by atoms with Gasteiger partial charge in [-0.2, -0.15) is 0 Å². The monoisotopic (exact) mass is 490 g/mol. The second-order valence-electron chi connectivity index (χ2n) is 8.09. The molecule has 0 N–H and O–H groups in total. The van der Waals surface area contributed by atoms with Crippen LogP contribution in [-0.2, 0) is 27.5 Å². The summed E-state index contributed by atoms with van der Waals surface area (Å²) in [6.07, 6.45) is 5.58. The highest BCUT2D eigenvalue weighted by atomic mass is 16.6. The quantitative estimate of drug-likeness (QED) is 0.142. The summed E-state index contributed by atoms with van der Waals surface area (Å²) in [5.74, 6) is -0.0493. The molecular formula is C32H26O5. The normalized spacial score (nSPS) is 10.9. The van der Waals surface area contributed by atoms with E-state index < -0.39 is 11.9 Å². The van der Waals surface area contributed by atoms with Gasteiger partial charge in [-0.3, -0.25) is 0 Å². The summed E-state index contributed by atoms with van der Waals surface area (Å²) in [6.45, 7) is 0.953. The van der Waals surface area contributed by atoms with Crippen molar-refractivity contribution < 1.29 is 23.8 Å². The van der Waals surface area contributed by atoms with Crippen LogP contribution in [0.2, 0.25) is 0 Å². The molecule has 4 rings (SSSR count). The van der Waals surface area contributed by atoms with E-state index >= 15 is 0 Å². The van der Waals surface area contributed by atoms with Crippen molar-refractivity contribution in [3.05, 3.63) is 144 Å².